The zero-order valence-corrected chi connectivity index (χ0v) is 9.61. The van der Waals surface area contributed by atoms with Crippen LogP contribution in [0.2, 0.25) is 0 Å². The van der Waals surface area contributed by atoms with Crippen molar-refractivity contribution < 1.29 is 14.4 Å². The Bertz CT molecular complexity index is 454. The summed E-state index contributed by atoms with van der Waals surface area (Å²) in [4.78, 5) is 10.4. The van der Waals surface area contributed by atoms with Gasteiger partial charge in [-0.25, -0.2) is 0 Å². The van der Waals surface area contributed by atoms with Gasteiger partial charge in [0.25, 0.3) is 0 Å². The molecule has 92 valence electrons. The fourth-order valence-electron chi connectivity index (χ4n) is 2.04. The first kappa shape index (κ1) is 11.9. The van der Waals surface area contributed by atoms with Crippen molar-refractivity contribution in [2.24, 2.45) is 0 Å². The van der Waals surface area contributed by atoms with E-state index in [1.807, 2.05) is 0 Å². The molecule has 1 aromatic rings. The molecule has 0 amide bonds. The zero-order valence-electron chi connectivity index (χ0n) is 8.79. The third-order valence-electron chi connectivity index (χ3n) is 2.81. The molecular formula is C10H11ClN2O4. The van der Waals surface area contributed by atoms with Crippen LogP contribution in [0.1, 0.15) is 0 Å². The van der Waals surface area contributed by atoms with Crippen molar-refractivity contribution in [1.29, 1.82) is 0 Å². The molecule has 2 aliphatic rings. The average molecular weight is 259 g/mol. The summed E-state index contributed by atoms with van der Waals surface area (Å²) in [5, 5.41) is 13.9. The Morgan fingerprint density at radius 3 is 2.71 bits per heavy atom. The van der Waals surface area contributed by atoms with E-state index in [1.54, 1.807) is 12.1 Å². The summed E-state index contributed by atoms with van der Waals surface area (Å²) in [5.41, 5.74) is -0.0390. The van der Waals surface area contributed by atoms with Crippen LogP contribution in [0.3, 0.4) is 0 Å². The number of nitro benzene ring substituents is 1. The van der Waals surface area contributed by atoms with Gasteiger partial charge in [0.2, 0.25) is 5.75 Å². The Kier molecular flexibility index (Phi) is 3.08. The molecule has 3 rings (SSSR count). The fourth-order valence-corrected chi connectivity index (χ4v) is 2.04. The quantitative estimate of drug-likeness (QED) is 0.604. The minimum Gasteiger partial charge on any atom is -0.481 e. The molecule has 2 aliphatic heterocycles. The third kappa shape index (κ3) is 1.89. The van der Waals surface area contributed by atoms with Gasteiger partial charge >= 0.3 is 5.69 Å². The summed E-state index contributed by atoms with van der Waals surface area (Å²) >= 11 is 0. The summed E-state index contributed by atoms with van der Waals surface area (Å²) in [6.07, 6.45) is -0.178. The van der Waals surface area contributed by atoms with E-state index < -0.39 is 4.92 Å². The second kappa shape index (κ2) is 4.38. The lowest BCUT2D eigenvalue weighted by molar-refractivity contribution is -0.386. The first-order valence-corrected chi connectivity index (χ1v) is 5.07. The predicted molar refractivity (Wildman–Crippen MR) is 62.0 cm³/mol. The Morgan fingerprint density at radius 1 is 1.29 bits per heavy atom. The van der Waals surface area contributed by atoms with Crippen LogP contribution in [-0.2, 0) is 0 Å². The Hall–Kier alpha value is -1.53. The summed E-state index contributed by atoms with van der Waals surface area (Å²) in [6.45, 7) is 1.38. The highest BCUT2D eigenvalue weighted by Gasteiger charge is 2.38. The Balaban J connectivity index is 0.00000108. The third-order valence-corrected chi connectivity index (χ3v) is 2.81. The molecule has 0 aromatic heterocycles. The highest BCUT2D eigenvalue weighted by molar-refractivity contribution is 5.85. The van der Waals surface area contributed by atoms with Gasteiger partial charge in [0.1, 0.15) is 12.2 Å². The molecular weight excluding hydrogens is 248 g/mol. The first-order valence-electron chi connectivity index (χ1n) is 5.07. The molecule has 2 unspecified atom stereocenters. The standard InChI is InChI=1S/C10H10N2O4.ClH/c13-12(14)6-2-1-3-7-10(6)16-9-5-11-4-8(9)15-7;/h1-3,8-9,11H,4-5H2;1H. The topological polar surface area (TPSA) is 73.6 Å². The zero-order chi connectivity index (χ0) is 11.1. The normalized spacial score (nSPS) is 24.7. The number of nitrogens with one attached hydrogen (secondary N) is 1. The molecule has 0 spiro atoms. The lowest BCUT2D eigenvalue weighted by Gasteiger charge is -2.28. The van der Waals surface area contributed by atoms with Gasteiger partial charge in [0.15, 0.2) is 5.75 Å². The van der Waals surface area contributed by atoms with Gasteiger partial charge in [0, 0.05) is 19.2 Å². The minimum absolute atomic E-state index is 0. The maximum atomic E-state index is 10.8. The van der Waals surface area contributed by atoms with Crippen molar-refractivity contribution in [3.63, 3.8) is 0 Å². The fraction of sp³-hybridized carbons (Fsp3) is 0.400. The maximum absolute atomic E-state index is 10.8. The van der Waals surface area contributed by atoms with Crippen LogP contribution >= 0.6 is 12.4 Å². The van der Waals surface area contributed by atoms with Crippen molar-refractivity contribution in [2.45, 2.75) is 12.2 Å². The van der Waals surface area contributed by atoms with E-state index in [2.05, 4.69) is 5.32 Å². The number of hydrogen-bond acceptors (Lipinski definition) is 5. The molecule has 0 saturated carbocycles. The predicted octanol–water partition coefficient (Wildman–Crippen LogP) is 1.13. The second-order valence-corrected chi connectivity index (χ2v) is 3.83. The van der Waals surface area contributed by atoms with Crippen LogP contribution in [0.4, 0.5) is 5.69 Å². The van der Waals surface area contributed by atoms with E-state index in [-0.39, 0.29) is 36.1 Å². The van der Waals surface area contributed by atoms with Gasteiger partial charge in [-0.3, -0.25) is 10.1 Å². The lowest BCUT2D eigenvalue weighted by atomic mass is 10.2. The number of hydrogen-bond donors (Lipinski definition) is 1. The van der Waals surface area contributed by atoms with Crippen molar-refractivity contribution >= 4 is 18.1 Å². The highest BCUT2D eigenvalue weighted by Crippen LogP contribution is 2.41. The van der Waals surface area contributed by atoms with Crippen LogP contribution in [0.25, 0.3) is 0 Å². The number of nitro groups is 1. The minimum atomic E-state index is -0.453. The molecule has 2 heterocycles. The van der Waals surface area contributed by atoms with Crippen molar-refractivity contribution in [3.05, 3.63) is 28.3 Å². The number of fused-ring (bicyclic) bond motifs is 2. The van der Waals surface area contributed by atoms with Crippen molar-refractivity contribution in [2.75, 3.05) is 13.1 Å². The molecule has 0 radical (unpaired) electrons. The highest BCUT2D eigenvalue weighted by atomic mass is 35.5. The SMILES string of the molecule is Cl.O=[N+]([O-])c1cccc2c1OC1CNCC1O2. The van der Waals surface area contributed by atoms with Crippen LogP contribution < -0.4 is 14.8 Å². The molecule has 1 aromatic carbocycles. The molecule has 6 nitrogen and oxygen atoms in total. The van der Waals surface area contributed by atoms with Gasteiger partial charge in [-0.1, -0.05) is 6.07 Å². The Morgan fingerprint density at radius 2 is 2.00 bits per heavy atom. The van der Waals surface area contributed by atoms with Gasteiger partial charge in [-0.05, 0) is 6.07 Å². The van der Waals surface area contributed by atoms with E-state index in [4.69, 9.17) is 9.47 Å². The molecule has 7 heteroatoms. The van der Waals surface area contributed by atoms with E-state index in [0.29, 0.717) is 18.8 Å². The molecule has 2 atom stereocenters. The number of rotatable bonds is 1. The number of nitrogens with zero attached hydrogens (tertiary/aromatic N) is 1. The maximum Gasteiger partial charge on any atom is 0.314 e. The van der Waals surface area contributed by atoms with Gasteiger partial charge in [0.05, 0.1) is 4.92 Å². The second-order valence-electron chi connectivity index (χ2n) is 3.83. The smallest absolute Gasteiger partial charge is 0.314 e. The lowest BCUT2D eigenvalue weighted by Crippen LogP contribution is -2.38. The molecule has 1 fully saturated rings. The summed E-state index contributed by atoms with van der Waals surface area (Å²) in [6, 6.07) is 4.71. The number of halogens is 1. The molecule has 1 saturated heterocycles. The summed E-state index contributed by atoms with van der Waals surface area (Å²) in [7, 11) is 0. The Labute approximate surface area is 103 Å². The monoisotopic (exact) mass is 258 g/mol. The largest absolute Gasteiger partial charge is 0.481 e. The summed E-state index contributed by atoms with van der Waals surface area (Å²) < 4.78 is 11.3. The van der Waals surface area contributed by atoms with E-state index in [1.165, 1.54) is 6.07 Å². The van der Waals surface area contributed by atoms with E-state index in [0.717, 1.165) is 0 Å². The molecule has 0 bridgehead atoms. The number of para-hydroxylation sites is 1. The molecule has 17 heavy (non-hydrogen) atoms. The van der Waals surface area contributed by atoms with Crippen LogP contribution in [-0.4, -0.2) is 30.2 Å². The van der Waals surface area contributed by atoms with Crippen LogP contribution in [0, 0.1) is 10.1 Å². The van der Waals surface area contributed by atoms with Crippen LogP contribution in [0.5, 0.6) is 11.5 Å². The first-order chi connectivity index (χ1) is 7.75. The molecule has 1 N–H and O–H groups in total. The van der Waals surface area contributed by atoms with Gasteiger partial charge < -0.3 is 14.8 Å². The van der Waals surface area contributed by atoms with Gasteiger partial charge in [-0.2, -0.15) is 0 Å². The number of benzene rings is 1. The van der Waals surface area contributed by atoms with E-state index >= 15 is 0 Å². The molecule has 0 aliphatic carbocycles. The average Bonchev–Trinajstić information content (AvgIpc) is 2.71. The van der Waals surface area contributed by atoms with E-state index in [9.17, 15) is 10.1 Å². The van der Waals surface area contributed by atoms with Crippen LogP contribution in [0.15, 0.2) is 18.2 Å². The number of ether oxygens (including phenoxy) is 2. The van der Waals surface area contributed by atoms with Gasteiger partial charge in [-0.15, -0.1) is 12.4 Å². The van der Waals surface area contributed by atoms with Crippen molar-refractivity contribution in [3.8, 4) is 11.5 Å². The van der Waals surface area contributed by atoms with Crippen molar-refractivity contribution in [1.82, 2.24) is 5.32 Å². The summed E-state index contributed by atoms with van der Waals surface area (Å²) in [5.74, 6) is 0.705.